The van der Waals surface area contributed by atoms with Crippen LogP contribution in [0.2, 0.25) is 0 Å². The van der Waals surface area contributed by atoms with Crippen LogP contribution >= 0.6 is 0 Å². The van der Waals surface area contributed by atoms with Crippen LogP contribution in [0.1, 0.15) is 31.9 Å². The van der Waals surface area contributed by atoms with E-state index in [1.54, 1.807) is 38.1 Å². The van der Waals surface area contributed by atoms with Crippen molar-refractivity contribution in [2.75, 3.05) is 13.2 Å². The molecule has 6 heteroatoms. The topological polar surface area (TPSA) is 75.6 Å². The Balaban J connectivity index is 2.02. The molecule has 150 valence electrons. The fraction of sp³-hybridized carbons (Fsp3) is 0.364. The van der Waals surface area contributed by atoms with Crippen LogP contribution in [0.15, 0.2) is 48.5 Å². The molecule has 0 spiro atoms. The first-order valence-electron chi connectivity index (χ1n) is 9.23. The summed E-state index contributed by atoms with van der Waals surface area (Å²) in [5.41, 5.74) is 0.391. The maximum absolute atomic E-state index is 13.5. The highest BCUT2D eigenvalue weighted by Gasteiger charge is 2.31. The Labute approximate surface area is 164 Å². The first-order valence-corrected chi connectivity index (χ1v) is 9.23. The molecule has 1 unspecified atom stereocenters. The molecule has 0 saturated heterocycles. The molecule has 0 aliphatic carbocycles. The average Bonchev–Trinajstić information content (AvgIpc) is 2.66. The molecule has 2 N–H and O–H groups in total. The van der Waals surface area contributed by atoms with Crippen molar-refractivity contribution >= 4 is 11.9 Å². The van der Waals surface area contributed by atoms with E-state index in [4.69, 9.17) is 4.74 Å². The summed E-state index contributed by atoms with van der Waals surface area (Å²) in [5, 5.41) is 12.2. The summed E-state index contributed by atoms with van der Waals surface area (Å²) in [7, 11) is 0. The van der Waals surface area contributed by atoms with Gasteiger partial charge in [-0.05, 0) is 62.6 Å². The summed E-state index contributed by atoms with van der Waals surface area (Å²) >= 11 is 0. The van der Waals surface area contributed by atoms with Gasteiger partial charge in [0.2, 0.25) is 5.91 Å². The largest absolute Gasteiger partial charge is 0.494 e. The van der Waals surface area contributed by atoms with E-state index in [1.165, 1.54) is 12.1 Å². The molecule has 28 heavy (non-hydrogen) atoms. The monoisotopic (exact) mass is 387 g/mol. The zero-order valence-electron chi connectivity index (χ0n) is 16.4. The molecule has 0 bridgehead atoms. The lowest BCUT2D eigenvalue weighted by Crippen LogP contribution is -2.43. The molecule has 0 radical (unpaired) electrons. The van der Waals surface area contributed by atoms with Crippen molar-refractivity contribution in [3.05, 3.63) is 65.5 Å². The Morgan fingerprint density at radius 1 is 1.18 bits per heavy atom. The summed E-state index contributed by atoms with van der Waals surface area (Å²) in [6, 6.07) is 13.1. The third-order valence-electron chi connectivity index (χ3n) is 4.69. The lowest BCUT2D eigenvalue weighted by atomic mass is 9.83. The number of carboxylic acid groups (broad SMARTS) is 1. The molecule has 5 nitrogen and oxygen atoms in total. The van der Waals surface area contributed by atoms with Crippen LogP contribution in [0.3, 0.4) is 0 Å². The maximum Gasteiger partial charge on any atom is 0.308 e. The second-order valence-electron chi connectivity index (χ2n) is 7.16. The van der Waals surface area contributed by atoms with Gasteiger partial charge in [0.25, 0.3) is 0 Å². The number of halogens is 1. The number of carbonyl (C=O) groups excluding carboxylic acids is 1. The number of nitrogens with one attached hydrogen (secondary N) is 1. The molecular weight excluding hydrogens is 361 g/mol. The molecule has 0 fully saturated rings. The van der Waals surface area contributed by atoms with Crippen LogP contribution in [-0.2, 0) is 21.4 Å². The lowest BCUT2D eigenvalue weighted by Gasteiger charge is -2.25. The number of ether oxygens (including phenoxy) is 1. The SMILES string of the molecule is CCOc1ccc(CC(CNC(=O)C(C)(C)c2cccc(F)c2)C(=O)O)cc1. The van der Waals surface area contributed by atoms with Gasteiger partial charge in [0.15, 0.2) is 0 Å². The summed E-state index contributed by atoms with van der Waals surface area (Å²) in [6.07, 6.45) is 0.280. The highest BCUT2D eigenvalue weighted by Crippen LogP contribution is 2.24. The number of carboxylic acids is 1. The Bertz CT molecular complexity index is 818. The van der Waals surface area contributed by atoms with Crippen molar-refractivity contribution in [2.45, 2.75) is 32.6 Å². The van der Waals surface area contributed by atoms with Crippen molar-refractivity contribution in [2.24, 2.45) is 5.92 Å². The first-order chi connectivity index (χ1) is 13.2. The van der Waals surface area contributed by atoms with Crippen molar-refractivity contribution in [3.63, 3.8) is 0 Å². The summed E-state index contributed by atoms with van der Waals surface area (Å²) in [6.45, 7) is 5.80. The highest BCUT2D eigenvalue weighted by molar-refractivity contribution is 5.87. The zero-order chi connectivity index (χ0) is 20.7. The van der Waals surface area contributed by atoms with E-state index in [0.29, 0.717) is 12.2 Å². The molecule has 0 aliphatic heterocycles. The summed E-state index contributed by atoms with van der Waals surface area (Å²) in [4.78, 5) is 24.3. The third kappa shape index (κ3) is 5.55. The summed E-state index contributed by atoms with van der Waals surface area (Å²) < 4.78 is 18.9. The smallest absolute Gasteiger partial charge is 0.308 e. The first kappa shape index (κ1) is 21.4. The van der Waals surface area contributed by atoms with Crippen molar-refractivity contribution in [3.8, 4) is 5.75 Å². The van der Waals surface area contributed by atoms with Gasteiger partial charge in [-0.15, -0.1) is 0 Å². The standard InChI is InChI=1S/C22H26FNO4/c1-4-28-19-10-8-15(9-11-19)12-16(20(25)26)14-24-21(27)22(2,3)17-6-5-7-18(23)13-17/h5-11,13,16H,4,12,14H2,1-3H3,(H,24,27)(H,25,26). The van der Waals surface area contributed by atoms with Gasteiger partial charge >= 0.3 is 5.97 Å². The van der Waals surface area contributed by atoms with Gasteiger partial charge in [0.1, 0.15) is 11.6 Å². The quantitative estimate of drug-likeness (QED) is 0.690. The molecular formula is C22H26FNO4. The fourth-order valence-corrected chi connectivity index (χ4v) is 2.86. The molecule has 0 aliphatic rings. The van der Waals surface area contributed by atoms with Crippen LogP contribution in [0, 0.1) is 11.7 Å². The van der Waals surface area contributed by atoms with Crippen LogP contribution in [-0.4, -0.2) is 30.1 Å². The predicted octanol–water partition coefficient (Wildman–Crippen LogP) is 3.56. The zero-order valence-corrected chi connectivity index (χ0v) is 16.4. The lowest BCUT2D eigenvalue weighted by molar-refractivity contribution is -0.141. The molecule has 0 aromatic heterocycles. The number of rotatable bonds is 9. The van der Waals surface area contributed by atoms with Crippen molar-refractivity contribution in [1.82, 2.24) is 5.32 Å². The number of hydrogen-bond donors (Lipinski definition) is 2. The van der Waals surface area contributed by atoms with Crippen LogP contribution in [0.5, 0.6) is 5.75 Å². The van der Waals surface area contributed by atoms with E-state index in [0.717, 1.165) is 11.3 Å². The average molecular weight is 387 g/mol. The Morgan fingerprint density at radius 3 is 2.43 bits per heavy atom. The molecule has 2 rings (SSSR count). The molecule has 2 aromatic carbocycles. The Morgan fingerprint density at radius 2 is 1.86 bits per heavy atom. The Hall–Kier alpha value is -2.89. The normalized spacial score (nSPS) is 12.3. The van der Waals surface area contributed by atoms with E-state index < -0.39 is 23.1 Å². The minimum atomic E-state index is -0.988. The number of aliphatic carboxylic acids is 1. The van der Waals surface area contributed by atoms with Gasteiger partial charge in [-0.25, -0.2) is 4.39 Å². The van der Waals surface area contributed by atoms with Gasteiger partial charge in [-0.2, -0.15) is 0 Å². The number of carbonyl (C=O) groups is 2. The van der Waals surface area contributed by atoms with E-state index in [2.05, 4.69) is 5.32 Å². The van der Waals surface area contributed by atoms with Crippen LogP contribution in [0.4, 0.5) is 4.39 Å². The van der Waals surface area contributed by atoms with E-state index in [-0.39, 0.29) is 18.9 Å². The number of benzene rings is 2. The van der Waals surface area contributed by atoms with Crippen LogP contribution in [0.25, 0.3) is 0 Å². The number of hydrogen-bond acceptors (Lipinski definition) is 3. The minimum absolute atomic E-state index is 0.0138. The Kier molecular flexibility index (Phi) is 7.15. The third-order valence-corrected chi connectivity index (χ3v) is 4.69. The molecule has 0 saturated carbocycles. The van der Waals surface area contributed by atoms with Gasteiger partial charge < -0.3 is 15.2 Å². The number of amides is 1. The predicted molar refractivity (Wildman–Crippen MR) is 105 cm³/mol. The van der Waals surface area contributed by atoms with E-state index in [9.17, 15) is 19.1 Å². The van der Waals surface area contributed by atoms with Crippen molar-refractivity contribution in [1.29, 1.82) is 0 Å². The second-order valence-corrected chi connectivity index (χ2v) is 7.16. The maximum atomic E-state index is 13.5. The van der Waals surface area contributed by atoms with Gasteiger partial charge in [-0.3, -0.25) is 9.59 Å². The fourth-order valence-electron chi connectivity index (χ4n) is 2.86. The molecule has 1 atom stereocenters. The van der Waals surface area contributed by atoms with Gasteiger partial charge in [0, 0.05) is 6.54 Å². The minimum Gasteiger partial charge on any atom is -0.494 e. The summed E-state index contributed by atoms with van der Waals surface area (Å²) in [5.74, 6) is -1.81. The van der Waals surface area contributed by atoms with Gasteiger partial charge in [-0.1, -0.05) is 24.3 Å². The molecule has 1 amide bonds. The van der Waals surface area contributed by atoms with E-state index in [1.807, 2.05) is 19.1 Å². The molecule has 0 heterocycles. The van der Waals surface area contributed by atoms with Crippen LogP contribution < -0.4 is 10.1 Å². The van der Waals surface area contributed by atoms with E-state index >= 15 is 0 Å². The van der Waals surface area contributed by atoms with Gasteiger partial charge in [0.05, 0.1) is 17.9 Å². The van der Waals surface area contributed by atoms with Crippen molar-refractivity contribution < 1.29 is 23.8 Å². The highest BCUT2D eigenvalue weighted by atomic mass is 19.1. The molecule has 2 aromatic rings. The second kappa shape index (κ2) is 9.35.